The van der Waals surface area contributed by atoms with E-state index in [1.165, 1.54) is 9.30 Å². The highest BCUT2D eigenvalue weighted by atomic mass is 32.2. The van der Waals surface area contributed by atoms with E-state index in [1.807, 2.05) is 11.0 Å². The van der Waals surface area contributed by atoms with E-state index in [0.29, 0.717) is 52.3 Å². The van der Waals surface area contributed by atoms with Gasteiger partial charge in [-0.3, -0.25) is 28.6 Å². The maximum Gasteiger partial charge on any atom is 0.303 e. The van der Waals surface area contributed by atoms with Crippen LogP contribution >= 0.6 is 24.0 Å². The largest absolute Gasteiger partial charge is 0.481 e. The Kier molecular flexibility index (Phi) is 7.61. The van der Waals surface area contributed by atoms with Crippen LogP contribution in [0.1, 0.15) is 18.4 Å². The number of piperazine rings is 1. The molecule has 0 saturated carbocycles. The predicted molar refractivity (Wildman–Crippen MR) is 134 cm³/mol. The van der Waals surface area contributed by atoms with Crippen molar-refractivity contribution in [3.05, 3.63) is 45.2 Å². The van der Waals surface area contributed by atoms with E-state index in [9.17, 15) is 19.5 Å². The molecule has 2 saturated heterocycles. The maximum atomic E-state index is 13.4. The predicted octanol–water partition coefficient (Wildman–Crippen LogP) is 0.875. The number of carboxylic acid groups (broad SMARTS) is 1. The Morgan fingerprint density at radius 1 is 1.18 bits per heavy atom. The third kappa shape index (κ3) is 5.14. The number of β-amino-alcohol motifs (C(OH)–C–C–N with tert-alkyl or cyclic N) is 1. The van der Waals surface area contributed by atoms with Crippen LogP contribution in [-0.2, 0) is 9.59 Å². The molecular weight excluding hydrogens is 478 g/mol. The summed E-state index contributed by atoms with van der Waals surface area (Å²) < 4.78 is 1.79. The van der Waals surface area contributed by atoms with Gasteiger partial charge in [0.25, 0.3) is 11.5 Å². The maximum absolute atomic E-state index is 13.4. The lowest BCUT2D eigenvalue weighted by atomic mass is 10.2. The summed E-state index contributed by atoms with van der Waals surface area (Å²) in [5, 5.41) is 18.1. The molecule has 2 aromatic heterocycles. The topological polar surface area (TPSA) is 119 Å². The van der Waals surface area contributed by atoms with Crippen molar-refractivity contribution in [1.29, 1.82) is 0 Å². The second-order valence-electron chi connectivity index (χ2n) is 7.97. The first-order chi connectivity index (χ1) is 16.4. The van der Waals surface area contributed by atoms with E-state index >= 15 is 0 Å². The Balaban J connectivity index is 1.68. The van der Waals surface area contributed by atoms with Gasteiger partial charge >= 0.3 is 5.97 Å². The Morgan fingerprint density at radius 3 is 2.65 bits per heavy atom. The molecule has 12 heteroatoms. The summed E-state index contributed by atoms with van der Waals surface area (Å²) in [6.45, 7) is 3.61. The van der Waals surface area contributed by atoms with Crippen LogP contribution < -0.4 is 10.5 Å². The number of aliphatic carboxylic acids is 1. The zero-order chi connectivity index (χ0) is 24.2. The van der Waals surface area contributed by atoms with E-state index in [1.54, 1.807) is 24.4 Å². The van der Waals surface area contributed by atoms with Crippen LogP contribution in [0.2, 0.25) is 0 Å². The second-order valence-corrected chi connectivity index (χ2v) is 9.64. The fraction of sp³-hybridized carbons (Fsp3) is 0.409. The van der Waals surface area contributed by atoms with Crippen molar-refractivity contribution in [2.45, 2.75) is 12.8 Å². The average Bonchev–Trinajstić information content (AvgIpc) is 3.09. The lowest BCUT2D eigenvalue weighted by molar-refractivity contribution is -0.137. The first-order valence-electron chi connectivity index (χ1n) is 11.0. The summed E-state index contributed by atoms with van der Waals surface area (Å²) in [7, 11) is 0. The van der Waals surface area contributed by atoms with Crippen molar-refractivity contribution in [2.24, 2.45) is 0 Å². The molecule has 0 aliphatic carbocycles. The molecule has 0 aromatic carbocycles. The number of amides is 1. The van der Waals surface area contributed by atoms with E-state index in [2.05, 4.69) is 4.90 Å². The van der Waals surface area contributed by atoms with Crippen LogP contribution in [0, 0.1) is 0 Å². The molecule has 0 radical (unpaired) electrons. The standard InChI is InChI=1S/C22H25N5O5S2/c28-13-12-24-8-10-25(11-9-24)19-15(20(31)26-6-2-1-4-17(26)23-19)14-16-21(32)27(22(33)34-16)7-3-5-18(29)30/h1-2,4,6,14,28H,3,5,7-13H2,(H,29,30)/b16-14-. The minimum atomic E-state index is -0.931. The number of nitrogens with zero attached hydrogens (tertiary/aromatic N) is 5. The molecule has 10 nitrogen and oxygen atoms in total. The minimum Gasteiger partial charge on any atom is -0.481 e. The van der Waals surface area contributed by atoms with Crippen molar-refractivity contribution in [2.75, 3.05) is 50.8 Å². The fourth-order valence-corrected chi connectivity index (χ4v) is 5.29. The lowest BCUT2D eigenvalue weighted by Crippen LogP contribution is -2.48. The van der Waals surface area contributed by atoms with Gasteiger partial charge < -0.3 is 15.1 Å². The summed E-state index contributed by atoms with van der Waals surface area (Å²) >= 11 is 6.44. The monoisotopic (exact) mass is 503 g/mol. The van der Waals surface area contributed by atoms with Crippen LogP contribution in [0.15, 0.2) is 34.1 Å². The van der Waals surface area contributed by atoms with Crippen LogP contribution in [-0.4, -0.2) is 91.5 Å². The van der Waals surface area contributed by atoms with Gasteiger partial charge in [0, 0.05) is 51.9 Å². The van der Waals surface area contributed by atoms with Crippen LogP contribution in [0.4, 0.5) is 5.82 Å². The molecule has 2 fully saturated rings. The number of pyridine rings is 1. The molecule has 180 valence electrons. The normalized spacial score (nSPS) is 18.4. The third-order valence-electron chi connectivity index (χ3n) is 5.76. The summed E-state index contributed by atoms with van der Waals surface area (Å²) in [5.74, 6) is -0.757. The van der Waals surface area contributed by atoms with Crippen LogP contribution in [0.5, 0.6) is 0 Å². The van der Waals surface area contributed by atoms with Crippen molar-refractivity contribution < 1.29 is 19.8 Å². The highest BCUT2D eigenvalue weighted by Gasteiger charge is 2.33. The van der Waals surface area contributed by atoms with Crippen molar-refractivity contribution in [3.8, 4) is 0 Å². The van der Waals surface area contributed by atoms with E-state index in [0.717, 1.165) is 24.9 Å². The van der Waals surface area contributed by atoms with Gasteiger partial charge in [0.1, 0.15) is 15.8 Å². The van der Waals surface area contributed by atoms with Gasteiger partial charge in [-0.15, -0.1) is 0 Å². The average molecular weight is 504 g/mol. The van der Waals surface area contributed by atoms with Crippen molar-refractivity contribution >= 4 is 57.7 Å². The number of aliphatic hydroxyl groups excluding tert-OH is 1. The van der Waals surface area contributed by atoms with Crippen molar-refractivity contribution in [1.82, 2.24) is 19.2 Å². The van der Waals surface area contributed by atoms with Gasteiger partial charge in [-0.25, -0.2) is 4.98 Å². The zero-order valence-electron chi connectivity index (χ0n) is 18.4. The molecule has 1 amide bonds. The molecule has 2 aromatic rings. The molecule has 4 heterocycles. The minimum absolute atomic E-state index is 0.0571. The van der Waals surface area contributed by atoms with Gasteiger partial charge in [0.05, 0.1) is 17.1 Å². The number of thiocarbonyl (C=S) groups is 1. The highest BCUT2D eigenvalue weighted by molar-refractivity contribution is 8.26. The summed E-state index contributed by atoms with van der Waals surface area (Å²) in [6.07, 6.45) is 3.43. The van der Waals surface area contributed by atoms with Crippen molar-refractivity contribution in [3.63, 3.8) is 0 Å². The molecular formula is C22H25N5O5S2. The molecule has 0 spiro atoms. The molecule has 0 unspecified atom stereocenters. The fourth-order valence-electron chi connectivity index (χ4n) is 4.00. The summed E-state index contributed by atoms with van der Waals surface area (Å²) in [4.78, 5) is 47.9. The number of thioether (sulfide) groups is 1. The van der Waals surface area contributed by atoms with Gasteiger partial charge in [-0.05, 0) is 24.6 Å². The summed E-state index contributed by atoms with van der Waals surface area (Å²) in [6, 6.07) is 5.32. The molecule has 2 aliphatic rings. The smallest absolute Gasteiger partial charge is 0.303 e. The number of aliphatic hydroxyl groups is 1. The van der Waals surface area contributed by atoms with E-state index in [-0.39, 0.29) is 31.0 Å². The second kappa shape index (κ2) is 10.6. The summed E-state index contributed by atoms with van der Waals surface area (Å²) in [5.41, 5.74) is 0.540. The van der Waals surface area contributed by atoms with Gasteiger partial charge in [0.15, 0.2) is 0 Å². The quantitative estimate of drug-likeness (QED) is 0.397. The van der Waals surface area contributed by atoms with E-state index in [4.69, 9.17) is 22.3 Å². The number of carboxylic acids is 1. The Labute approximate surface area is 205 Å². The molecule has 4 rings (SSSR count). The lowest BCUT2D eigenvalue weighted by Gasteiger charge is -2.35. The van der Waals surface area contributed by atoms with Gasteiger partial charge in [-0.2, -0.15) is 0 Å². The highest BCUT2D eigenvalue weighted by Crippen LogP contribution is 2.33. The number of hydrogen-bond donors (Lipinski definition) is 2. The Hall–Kier alpha value is -2.80. The SMILES string of the molecule is O=C(O)CCCN1C(=O)/C(=C/c2c(N3CCN(CCO)CC3)nc3ccccn3c2=O)SC1=S. The Morgan fingerprint density at radius 2 is 1.94 bits per heavy atom. The van der Waals surface area contributed by atoms with E-state index < -0.39 is 5.97 Å². The number of anilines is 1. The first kappa shape index (κ1) is 24.3. The zero-order valence-corrected chi connectivity index (χ0v) is 20.1. The third-order valence-corrected chi connectivity index (χ3v) is 7.14. The molecule has 0 bridgehead atoms. The van der Waals surface area contributed by atoms with Crippen LogP contribution in [0.3, 0.4) is 0 Å². The number of fused-ring (bicyclic) bond motifs is 1. The number of carbonyl (C=O) groups excluding carboxylic acids is 1. The molecule has 0 atom stereocenters. The molecule has 2 aliphatic heterocycles. The number of hydrogen-bond acceptors (Lipinski definition) is 9. The number of aromatic nitrogens is 2. The van der Waals surface area contributed by atoms with Gasteiger partial charge in [-0.1, -0.05) is 30.0 Å². The first-order valence-corrected chi connectivity index (χ1v) is 12.2. The number of carbonyl (C=O) groups is 2. The van der Waals surface area contributed by atoms with Crippen LogP contribution in [0.25, 0.3) is 11.7 Å². The molecule has 34 heavy (non-hydrogen) atoms. The molecule has 2 N–H and O–H groups in total. The van der Waals surface area contributed by atoms with Gasteiger partial charge in [0.2, 0.25) is 0 Å². The number of rotatable bonds is 8. The Bertz CT molecular complexity index is 1210.